The van der Waals surface area contributed by atoms with Gasteiger partial charge >= 0.3 is 12.0 Å². The normalized spacial score (nSPS) is 13.9. The van der Waals surface area contributed by atoms with Crippen LogP contribution in [0.5, 0.6) is 0 Å². The van der Waals surface area contributed by atoms with Gasteiger partial charge in [-0.15, -0.1) is 0 Å². The summed E-state index contributed by atoms with van der Waals surface area (Å²) in [5.41, 5.74) is 3.10. The average Bonchev–Trinajstić information content (AvgIpc) is 3.31. The van der Waals surface area contributed by atoms with Crippen molar-refractivity contribution < 1.29 is 18.7 Å². The van der Waals surface area contributed by atoms with E-state index in [0.29, 0.717) is 30.9 Å². The van der Waals surface area contributed by atoms with E-state index in [1.807, 2.05) is 23.2 Å². The zero-order chi connectivity index (χ0) is 24.6. The summed E-state index contributed by atoms with van der Waals surface area (Å²) in [6.45, 7) is 3.17. The van der Waals surface area contributed by atoms with Gasteiger partial charge < -0.3 is 19.5 Å². The number of nitrogens with one attached hydrogen (secondary N) is 1. The Kier molecular flexibility index (Phi) is 8.19. The van der Waals surface area contributed by atoms with Crippen LogP contribution >= 0.6 is 0 Å². The Morgan fingerprint density at radius 2 is 1.74 bits per heavy atom. The summed E-state index contributed by atoms with van der Waals surface area (Å²) in [7, 11) is 0. The molecule has 0 unspecified atom stereocenters. The Balaban J connectivity index is 1.49. The third-order valence-electron chi connectivity index (χ3n) is 6.45. The van der Waals surface area contributed by atoms with E-state index in [4.69, 9.17) is 4.74 Å². The first-order chi connectivity index (χ1) is 17.0. The number of nitrogens with zero attached hydrogens (tertiary/aromatic N) is 2. The molecule has 1 N–H and O–H groups in total. The molecule has 6 nitrogen and oxygen atoms in total. The SMILES string of the molecule is CCOC(=O)c1ccc(NC(=O)N(Cc2cccn2Cc2ccc(F)cc2)C2CCCCC2)cc1. The number of carbonyl (C=O) groups is 2. The molecule has 0 aliphatic heterocycles. The quantitative estimate of drug-likeness (QED) is 0.392. The number of ether oxygens (including phenoxy) is 1. The standard InChI is InChI=1S/C28H32FN3O3/c1-2-35-27(33)22-12-16-24(17-13-22)30-28(34)32(25-7-4-3-5-8-25)20-26-9-6-18-31(26)19-21-10-14-23(29)15-11-21/h6,9-18,25H,2-5,7-8,19-20H2,1H3,(H,30,34). The molecule has 184 valence electrons. The van der Waals surface area contributed by atoms with Crippen molar-refractivity contribution in [2.45, 2.75) is 58.2 Å². The van der Waals surface area contributed by atoms with E-state index >= 15 is 0 Å². The summed E-state index contributed by atoms with van der Waals surface area (Å²) < 4.78 is 20.4. The molecule has 2 amide bonds. The van der Waals surface area contributed by atoms with Crippen LogP contribution in [-0.4, -0.2) is 34.1 Å². The van der Waals surface area contributed by atoms with Gasteiger partial charge in [0, 0.05) is 30.2 Å². The molecule has 3 aromatic rings. The first kappa shape index (κ1) is 24.5. The molecule has 7 heteroatoms. The van der Waals surface area contributed by atoms with Gasteiger partial charge in [0.1, 0.15) is 5.82 Å². The summed E-state index contributed by atoms with van der Waals surface area (Å²) in [6.07, 6.45) is 7.37. The number of benzene rings is 2. The average molecular weight is 478 g/mol. The molecule has 1 aromatic heterocycles. The molecule has 4 rings (SSSR count). The third-order valence-corrected chi connectivity index (χ3v) is 6.45. The Bertz CT molecular complexity index is 1120. The van der Waals surface area contributed by atoms with Crippen LogP contribution in [0.25, 0.3) is 0 Å². The summed E-state index contributed by atoms with van der Waals surface area (Å²) >= 11 is 0. The molecule has 35 heavy (non-hydrogen) atoms. The second-order valence-electron chi connectivity index (χ2n) is 8.90. The first-order valence-electron chi connectivity index (χ1n) is 12.3. The van der Waals surface area contributed by atoms with Gasteiger partial charge in [-0.2, -0.15) is 0 Å². The second-order valence-corrected chi connectivity index (χ2v) is 8.90. The van der Waals surface area contributed by atoms with Crippen molar-refractivity contribution >= 4 is 17.7 Å². The van der Waals surface area contributed by atoms with Crippen LogP contribution in [0.1, 0.15) is 60.6 Å². The largest absolute Gasteiger partial charge is 0.462 e. The zero-order valence-corrected chi connectivity index (χ0v) is 20.1. The number of urea groups is 1. The molecule has 1 heterocycles. The first-order valence-corrected chi connectivity index (χ1v) is 12.3. The van der Waals surface area contributed by atoms with E-state index in [9.17, 15) is 14.0 Å². The number of esters is 1. The molecule has 0 radical (unpaired) electrons. The Hall–Kier alpha value is -3.61. The predicted octanol–water partition coefficient (Wildman–Crippen LogP) is 6.22. The topological polar surface area (TPSA) is 63.6 Å². The smallest absolute Gasteiger partial charge is 0.338 e. The van der Waals surface area contributed by atoms with E-state index in [-0.39, 0.29) is 23.9 Å². The van der Waals surface area contributed by atoms with Gasteiger partial charge in [0.2, 0.25) is 0 Å². The number of carbonyl (C=O) groups excluding carboxylic acids is 2. The molecule has 1 aliphatic rings. The molecule has 0 atom stereocenters. The van der Waals surface area contributed by atoms with Crippen molar-refractivity contribution in [3.8, 4) is 0 Å². The highest BCUT2D eigenvalue weighted by molar-refractivity contribution is 5.92. The highest BCUT2D eigenvalue weighted by Gasteiger charge is 2.26. The lowest BCUT2D eigenvalue weighted by atomic mass is 9.94. The Morgan fingerprint density at radius 3 is 2.43 bits per heavy atom. The van der Waals surface area contributed by atoms with E-state index in [1.165, 1.54) is 18.6 Å². The lowest BCUT2D eigenvalue weighted by molar-refractivity contribution is 0.0526. The van der Waals surface area contributed by atoms with Crippen molar-refractivity contribution in [1.82, 2.24) is 9.47 Å². The maximum Gasteiger partial charge on any atom is 0.338 e. The maximum atomic E-state index is 13.4. The highest BCUT2D eigenvalue weighted by atomic mass is 19.1. The zero-order valence-electron chi connectivity index (χ0n) is 20.1. The van der Waals surface area contributed by atoms with Gasteiger partial charge in [-0.1, -0.05) is 31.4 Å². The van der Waals surface area contributed by atoms with Gasteiger partial charge in [0.05, 0.1) is 18.7 Å². The lowest BCUT2D eigenvalue weighted by Crippen LogP contribution is -2.43. The number of rotatable bonds is 8. The minimum absolute atomic E-state index is 0.157. The number of anilines is 1. The van der Waals surface area contributed by atoms with Gasteiger partial charge in [-0.25, -0.2) is 14.0 Å². The van der Waals surface area contributed by atoms with Crippen LogP contribution in [0.4, 0.5) is 14.9 Å². The van der Waals surface area contributed by atoms with Gasteiger partial charge in [-0.3, -0.25) is 0 Å². The van der Waals surface area contributed by atoms with Crippen LogP contribution in [0.15, 0.2) is 66.9 Å². The number of hydrogen-bond acceptors (Lipinski definition) is 3. The van der Waals surface area contributed by atoms with Crippen LogP contribution in [0.3, 0.4) is 0 Å². The molecule has 0 bridgehead atoms. The lowest BCUT2D eigenvalue weighted by Gasteiger charge is -2.34. The van der Waals surface area contributed by atoms with E-state index < -0.39 is 0 Å². The molecule has 1 aliphatic carbocycles. The number of amides is 2. The van der Waals surface area contributed by atoms with Crippen molar-refractivity contribution in [2.75, 3.05) is 11.9 Å². The number of aromatic nitrogens is 1. The third kappa shape index (κ3) is 6.50. The Labute approximate surface area is 205 Å². The van der Waals surface area contributed by atoms with Crippen molar-refractivity contribution in [2.24, 2.45) is 0 Å². The van der Waals surface area contributed by atoms with E-state index in [1.54, 1.807) is 43.3 Å². The number of hydrogen-bond donors (Lipinski definition) is 1. The Morgan fingerprint density at radius 1 is 1.03 bits per heavy atom. The van der Waals surface area contributed by atoms with Crippen LogP contribution < -0.4 is 5.32 Å². The molecule has 2 aromatic carbocycles. The molecular formula is C28H32FN3O3. The fourth-order valence-electron chi connectivity index (χ4n) is 4.57. The summed E-state index contributed by atoms with van der Waals surface area (Å²) in [4.78, 5) is 27.3. The molecular weight excluding hydrogens is 445 g/mol. The molecule has 0 saturated heterocycles. The summed E-state index contributed by atoms with van der Waals surface area (Å²) in [5.74, 6) is -0.631. The van der Waals surface area contributed by atoms with E-state index in [2.05, 4.69) is 9.88 Å². The molecule has 1 saturated carbocycles. The minimum Gasteiger partial charge on any atom is -0.462 e. The van der Waals surface area contributed by atoms with Crippen LogP contribution in [0, 0.1) is 5.82 Å². The van der Waals surface area contributed by atoms with Gasteiger partial charge in [0.15, 0.2) is 0 Å². The highest BCUT2D eigenvalue weighted by Crippen LogP contribution is 2.25. The monoisotopic (exact) mass is 477 g/mol. The minimum atomic E-state index is -0.379. The van der Waals surface area contributed by atoms with Gasteiger partial charge in [0.25, 0.3) is 0 Å². The van der Waals surface area contributed by atoms with Gasteiger partial charge in [-0.05, 0) is 73.9 Å². The number of halogens is 1. The molecule has 1 fully saturated rings. The fourth-order valence-corrected chi connectivity index (χ4v) is 4.57. The predicted molar refractivity (Wildman–Crippen MR) is 134 cm³/mol. The van der Waals surface area contributed by atoms with Crippen LogP contribution in [0.2, 0.25) is 0 Å². The summed E-state index contributed by atoms with van der Waals surface area (Å²) in [6, 6.07) is 17.3. The van der Waals surface area contributed by atoms with Crippen LogP contribution in [-0.2, 0) is 17.8 Å². The summed E-state index contributed by atoms with van der Waals surface area (Å²) in [5, 5.41) is 3.01. The maximum absolute atomic E-state index is 13.4. The fraction of sp³-hybridized carbons (Fsp3) is 0.357. The molecule has 0 spiro atoms. The second kappa shape index (κ2) is 11.7. The van der Waals surface area contributed by atoms with Crippen molar-refractivity contribution in [1.29, 1.82) is 0 Å². The van der Waals surface area contributed by atoms with E-state index in [0.717, 1.165) is 36.9 Å². The van der Waals surface area contributed by atoms with Crippen molar-refractivity contribution in [3.63, 3.8) is 0 Å². The van der Waals surface area contributed by atoms with Crippen molar-refractivity contribution in [3.05, 3.63) is 89.5 Å².